The van der Waals surface area contributed by atoms with E-state index in [9.17, 15) is 27.9 Å². The first-order valence-corrected chi connectivity index (χ1v) is 13.5. The van der Waals surface area contributed by atoms with Gasteiger partial charge in [0.15, 0.2) is 5.60 Å². The van der Waals surface area contributed by atoms with Crippen LogP contribution in [0.15, 0.2) is 47.1 Å². The zero-order valence-electron chi connectivity index (χ0n) is 23.1. The topological polar surface area (TPSA) is 72.8 Å². The average molecular weight is 539 g/mol. The second-order valence-electron chi connectivity index (χ2n) is 11.6. The fraction of sp³-hybridized carbons (Fsp3) is 0.667. The van der Waals surface area contributed by atoms with Crippen molar-refractivity contribution < 1.29 is 37.3 Å². The Labute approximate surface area is 223 Å². The molecule has 6 atom stereocenters. The number of carbonyl (C=O) groups is 2. The van der Waals surface area contributed by atoms with Gasteiger partial charge in [-0.3, -0.25) is 9.59 Å². The van der Waals surface area contributed by atoms with Gasteiger partial charge in [0.1, 0.15) is 12.2 Å². The first kappa shape index (κ1) is 30.2. The van der Waals surface area contributed by atoms with Gasteiger partial charge in [-0.25, -0.2) is 0 Å². The summed E-state index contributed by atoms with van der Waals surface area (Å²) in [7, 11) is 0. The Morgan fingerprint density at radius 1 is 1.16 bits per heavy atom. The van der Waals surface area contributed by atoms with Crippen molar-refractivity contribution in [3.63, 3.8) is 0 Å². The second-order valence-corrected chi connectivity index (χ2v) is 11.6. The van der Waals surface area contributed by atoms with Crippen LogP contribution in [0.3, 0.4) is 0 Å². The lowest BCUT2D eigenvalue weighted by Crippen LogP contribution is -2.40. The molecule has 1 N–H and O–H groups in total. The predicted molar refractivity (Wildman–Crippen MR) is 139 cm³/mol. The first-order valence-electron chi connectivity index (χ1n) is 13.5. The highest BCUT2D eigenvalue weighted by molar-refractivity contribution is 5.67. The summed E-state index contributed by atoms with van der Waals surface area (Å²) in [5.74, 6) is -0.315. The van der Waals surface area contributed by atoms with Crippen molar-refractivity contribution in [2.45, 2.75) is 110 Å². The highest BCUT2D eigenvalue weighted by Crippen LogP contribution is 2.57. The molecule has 3 aliphatic carbocycles. The molecule has 0 bridgehead atoms. The van der Waals surface area contributed by atoms with Crippen molar-refractivity contribution in [3.8, 4) is 0 Å². The number of halogens is 3. The lowest BCUT2D eigenvalue weighted by molar-refractivity contribution is -0.232. The van der Waals surface area contributed by atoms with Gasteiger partial charge in [0.05, 0.1) is 0 Å². The van der Waals surface area contributed by atoms with E-state index in [1.54, 1.807) is 0 Å². The van der Waals surface area contributed by atoms with Crippen LogP contribution in [-0.4, -0.2) is 41.0 Å². The van der Waals surface area contributed by atoms with E-state index >= 15 is 0 Å². The standard InChI is InChI=1S/C30H41F3O5/c1-19(8-6-15-29(5,36)30(31,32)33)26-12-13-27-23(9-7-14-28(26,27)4)11-10-22-16-24(37-20(2)34)18-25(17-22)38-21(3)35/h6,10-12,15,19,24-25,27,36H,7-9,13-14,16-18H2,1-5H3/b15-6-,22-10?,23-11+/t19?,24-,25?,27?,28-,29?/m1/s1. The van der Waals surface area contributed by atoms with Crippen LogP contribution in [0.1, 0.15) is 86.0 Å². The Kier molecular flexibility index (Phi) is 9.38. The molecule has 38 heavy (non-hydrogen) atoms. The number of esters is 2. The maximum atomic E-state index is 13.0. The summed E-state index contributed by atoms with van der Waals surface area (Å²) in [5, 5.41) is 9.70. The Bertz CT molecular complexity index is 993. The van der Waals surface area contributed by atoms with Gasteiger partial charge in [0.2, 0.25) is 0 Å². The Balaban J connectivity index is 1.73. The summed E-state index contributed by atoms with van der Waals surface area (Å²) in [6, 6.07) is 0. The van der Waals surface area contributed by atoms with Crippen molar-refractivity contribution in [1.82, 2.24) is 0 Å². The second kappa shape index (κ2) is 11.8. The van der Waals surface area contributed by atoms with Crippen molar-refractivity contribution in [3.05, 3.63) is 47.1 Å². The number of hydrogen-bond donors (Lipinski definition) is 1. The van der Waals surface area contributed by atoms with E-state index in [2.05, 4.69) is 25.2 Å². The predicted octanol–water partition coefficient (Wildman–Crippen LogP) is 6.92. The van der Waals surface area contributed by atoms with Gasteiger partial charge in [0, 0.05) is 33.1 Å². The first-order chi connectivity index (χ1) is 17.6. The highest BCUT2D eigenvalue weighted by atomic mass is 19.4. The number of allylic oxidation sites excluding steroid dienone is 6. The molecule has 5 nitrogen and oxygen atoms in total. The number of carbonyl (C=O) groups excluding carboxylic acids is 2. The number of rotatable bonds is 7. The molecule has 0 spiro atoms. The van der Waals surface area contributed by atoms with Crippen LogP contribution in [-0.2, 0) is 19.1 Å². The summed E-state index contributed by atoms with van der Waals surface area (Å²) in [6.45, 7) is 7.82. The molecule has 0 saturated heterocycles. The van der Waals surface area contributed by atoms with Crippen molar-refractivity contribution in [2.24, 2.45) is 17.3 Å². The van der Waals surface area contributed by atoms with Crippen LogP contribution < -0.4 is 0 Å². The van der Waals surface area contributed by atoms with E-state index in [0.29, 0.717) is 31.6 Å². The number of aliphatic hydroxyl groups is 1. The van der Waals surface area contributed by atoms with Gasteiger partial charge in [-0.05, 0) is 62.4 Å². The smallest absolute Gasteiger partial charge is 0.420 e. The zero-order chi connectivity index (χ0) is 28.3. The summed E-state index contributed by atoms with van der Waals surface area (Å²) in [4.78, 5) is 23.0. The van der Waals surface area contributed by atoms with Crippen LogP contribution >= 0.6 is 0 Å². The fourth-order valence-electron chi connectivity index (χ4n) is 6.48. The van der Waals surface area contributed by atoms with Gasteiger partial charge in [-0.15, -0.1) is 0 Å². The maximum absolute atomic E-state index is 13.0. The van der Waals surface area contributed by atoms with Crippen LogP contribution in [0.25, 0.3) is 0 Å². The Morgan fingerprint density at radius 2 is 1.76 bits per heavy atom. The monoisotopic (exact) mass is 538 g/mol. The van der Waals surface area contributed by atoms with Crippen molar-refractivity contribution >= 4 is 11.9 Å². The molecule has 3 aliphatic rings. The van der Waals surface area contributed by atoms with Gasteiger partial charge in [0.25, 0.3) is 0 Å². The summed E-state index contributed by atoms with van der Waals surface area (Å²) < 4.78 is 49.8. The molecular weight excluding hydrogens is 497 g/mol. The molecule has 0 aromatic rings. The summed E-state index contributed by atoms with van der Waals surface area (Å²) in [5.41, 5.74) is 0.808. The Hall–Kier alpha value is -2.35. The third-order valence-electron chi connectivity index (χ3n) is 8.35. The minimum absolute atomic E-state index is 0.0600. The third kappa shape index (κ3) is 7.19. The van der Waals surface area contributed by atoms with Crippen LogP contribution in [0, 0.1) is 17.3 Å². The Morgan fingerprint density at radius 3 is 2.32 bits per heavy atom. The molecule has 0 heterocycles. The molecule has 2 fully saturated rings. The molecule has 0 aromatic heterocycles. The molecule has 0 aliphatic heterocycles. The van der Waals surface area contributed by atoms with E-state index < -0.39 is 11.8 Å². The van der Waals surface area contributed by atoms with E-state index in [4.69, 9.17) is 9.47 Å². The highest BCUT2D eigenvalue weighted by Gasteiger charge is 2.48. The van der Waals surface area contributed by atoms with E-state index in [0.717, 1.165) is 44.3 Å². The largest absolute Gasteiger partial charge is 0.462 e. The van der Waals surface area contributed by atoms with Gasteiger partial charge >= 0.3 is 18.1 Å². The minimum Gasteiger partial charge on any atom is -0.462 e. The van der Waals surface area contributed by atoms with Gasteiger partial charge in [-0.1, -0.05) is 54.9 Å². The zero-order valence-corrected chi connectivity index (χ0v) is 23.1. The van der Waals surface area contributed by atoms with Gasteiger partial charge < -0.3 is 14.6 Å². The lowest BCUT2D eigenvalue weighted by atomic mass is 9.62. The molecule has 3 rings (SSSR count). The maximum Gasteiger partial charge on any atom is 0.420 e. The summed E-state index contributed by atoms with van der Waals surface area (Å²) in [6.07, 6.45) is 9.54. The number of fused-ring (bicyclic) bond motifs is 1. The molecule has 0 radical (unpaired) electrons. The van der Waals surface area contributed by atoms with E-state index in [1.165, 1.54) is 31.1 Å². The molecule has 0 aromatic carbocycles. The summed E-state index contributed by atoms with van der Waals surface area (Å²) >= 11 is 0. The minimum atomic E-state index is -4.71. The third-order valence-corrected chi connectivity index (χ3v) is 8.35. The number of ether oxygens (including phenoxy) is 2. The molecule has 212 valence electrons. The van der Waals surface area contributed by atoms with Gasteiger partial charge in [-0.2, -0.15) is 13.2 Å². The van der Waals surface area contributed by atoms with Crippen molar-refractivity contribution in [2.75, 3.05) is 0 Å². The van der Waals surface area contributed by atoms with E-state index in [-0.39, 0.29) is 35.5 Å². The lowest BCUT2D eigenvalue weighted by Gasteiger charge is -2.42. The van der Waals surface area contributed by atoms with Crippen LogP contribution in [0.2, 0.25) is 0 Å². The van der Waals surface area contributed by atoms with Crippen LogP contribution in [0.4, 0.5) is 13.2 Å². The normalized spacial score (nSPS) is 32.6. The van der Waals surface area contributed by atoms with Crippen LogP contribution in [0.5, 0.6) is 0 Å². The number of hydrogen-bond acceptors (Lipinski definition) is 5. The molecule has 8 heteroatoms. The quantitative estimate of drug-likeness (QED) is 0.281. The molecule has 2 saturated carbocycles. The average Bonchev–Trinajstić information content (AvgIpc) is 3.13. The fourth-order valence-corrected chi connectivity index (χ4v) is 6.48. The van der Waals surface area contributed by atoms with Crippen molar-refractivity contribution in [1.29, 1.82) is 0 Å². The molecule has 0 amide bonds. The SMILES string of the molecule is CC(=O)OC1CC(=C/C=C2\CCC[C@]3(C)C(C(C)C/C=C\C(C)(O)C(F)(F)F)=CCC23)C[C@@H](OC(C)=O)C1. The molecule has 4 unspecified atom stereocenters. The number of alkyl halides is 3. The van der Waals surface area contributed by atoms with E-state index in [1.807, 2.05) is 6.92 Å². The molecular formula is C30H41F3O5.